The fraction of sp³-hybridized carbons (Fsp3) is 0.417. The van der Waals surface area contributed by atoms with Crippen LogP contribution in [0.25, 0.3) is 0 Å². The molecule has 5 nitrogen and oxygen atoms in total. The third-order valence-corrected chi connectivity index (χ3v) is 2.79. The van der Waals surface area contributed by atoms with Crippen LogP contribution in [-0.2, 0) is 9.53 Å². The third-order valence-electron chi connectivity index (χ3n) is 2.46. The van der Waals surface area contributed by atoms with Crippen molar-refractivity contribution in [2.45, 2.75) is 12.5 Å². The molecule has 0 unspecified atom stereocenters. The van der Waals surface area contributed by atoms with E-state index in [1.807, 2.05) is 13.1 Å². The first-order valence-corrected chi connectivity index (χ1v) is 5.97. The molecular weight excluding hydrogens is 254 g/mol. The first kappa shape index (κ1) is 14.6. The number of carbonyl (C=O) groups is 1. The van der Waals surface area contributed by atoms with Gasteiger partial charge in [-0.15, -0.1) is 0 Å². The van der Waals surface area contributed by atoms with Crippen LogP contribution in [0.15, 0.2) is 18.2 Å². The number of ether oxygens (including phenoxy) is 1. The lowest BCUT2D eigenvalue weighted by Crippen LogP contribution is -2.33. The Hall–Kier alpha value is -1.46. The number of nitrogens with one attached hydrogen (secondary N) is 2. The summed E-state index contributed by atoms with van der Waals surface area (Å²) in [7, 11) is 3.20. The molecule has 1 rings (SSSR count). The average Bonchev–Trinajstić information content (AvgIpc) is 2.34. The molecule has 6 heteroatoms. The van der Waals surface area contributed by atoms with Crippen molar-refractivity contribution in [2.75, 3.05) is 31.8 Å². The molecule has 0 bridgehead atoms. The summed E-state index contributed by atoms with van der Waals surface area (Å²) in [6.45, 7) is 0.636. The Bertz CT molecular complexity index is 412. The minimum Gasteiger partial charge on any atom is -0.469 e. The van der Waals surface area contributed by atoms with E-state index >= 15 is 0 Å². The number of methoxy groups -OCH3 is 1. The molecule has 0 saturated carbocycles. The second-order valence-electron chi connectivity index (χ2n) is 3.92. The first-order valence-electron chi connectivity index (χ1n) is 5.59. The van der Waals surface area contributed by atoms with Crippen molar-refractivity contribution < 1.29 is 9.53 Å². The molecule has 4 N–H and O–H groups in total. The van der Waals surface area contributed by atoms with Crippen LogP contribution in [0.2, 0.25) is 5.02 Å². The highest BCUT2D eigenvalue weighted by molar-refractivity contribution is 6.33. The first-order chi connectivity index (χ1) is 8.56. The zero-order valence-electron chi connectivity index (χ0n) is 10.5. The number of nitrogen functional groups attached to an aromatic ring is 1. The molecule has 0 aliphatic carbocycles. The lowest BCUT2D eigenvalue weighted by Gasteiger charge is -2.19. The second kappa shape index (κ2) is 7.08. The number of rotatable bonds is 6. The Balaban J connectivity index is 2.69. The molecule has 0 aliphatic heterocycles. The van der Waals surface area contributed by atoms with Crippen LogP contribution in [-0.4, -0.2) is 32.7 Å². The maximum Gasteiger partial charge on any atom is 0.307 e. The van der Waals surface area contributed by atoms with E-state index in [1.165, 1.54) is 7.11 Å². The summed E-state index contributed by atoms with van der Waals surface area (Å²) in [5, 5.41) is 6.71. The van der Waals surface area contributed by atoms with Crippen molar-refractivity contribution in [1.82, 2.24) is 5.32 Å². The average molecular weight is 272 g/mol. The number of anilines is 2. The molecule has 0 heterocycles. The van der Waals surface area contributed by atoms with Gasteiger partial charge in [0.2, 0.25) is 0 Å². The molecule has 0 fully saturated rings. The van der Waals surface area contributed by atoms with Gasteiger partial charge in [0.1, 0.15) is 0 Å². The van der Waals surface area contributed by atoms with E-state index in [2.05, 4.69) is 15.4 Å². The van der Waals surface area contributed by atoms with E-state index in [1.54, 1.807) is 12.1 Å². The quantitative estimate of drug-likeness (QED) is 0.540. The predicted octanol–water partition coefficient (Wildman–Crippen LogP) is 1.49. The van der Waals surface area contributed by atoms with Gasteiger partial charge in [-0.3, -0.25) is 4.79 Å². The van der Waals surface area contributed by atoms with Gasteiger partial charge in [-0.1, -0.05) is 11.6 Å². The lowest BCUT2D eigenvalue weighted by molar-refractivity contribution is -0.140. The Morgan fingerprint density at radius 1 is 1.56 bits per heavy atom. The zero-order valence-corrected chi connectivity index (χ0v) is 11.3. The predicted molar refractivity (Wildman–Crippen MR) is 73.8 cm³/mol. The number of likely N-dealkylation sites (N-methyl/N-ethyl adjacent to an activating group) is 1. The van der Waals surface area contributed by atoms with Gasteiger partial charge in [-0.25, -0.2) is 0 Å². The van der Waals surface area contributed by atoms with Gasteiger partial charge in [0.15, 0.2) is 0 Å². The molecule has 0 aliphatic rings. The molecule has 0 spiro atoms. The number of hydrogen-bond acceptors (Lipinski definition) is 5. The summed E-state index contributed by atoms with van der Waals surface area (Å²) in [6.07, 6.45) is 0.277. The number of carbonyl (C=O) groups excluding carboxylic acids is 1. The molecule has 1 aromatic carbocycles. The summed E-state index contributed by atoms with van der Waals surface area (Å²) in [4.78, 5) is 11.3. The van der Waals surface area contributed by atoms with Crippen LogP contribution in [0.5, 0.6) is 0 Å². The minimum atomic E-state index is -0.260. The number of esters is 1. The van der Waals surface area contributed by atoms with Gasteiger partial charge in [0.25, 0.3) is 0 Å². The highest BCUT2D eigenvalue weighted by atomic mass is 35.5. The van der Waals surface area contributed by atoms with Gasteiger partial charge in [0, 0.05) is 18.3 Å². The summed E-state index contributed by atoms with van der Waals surface area (Å²) in [5.41, 5.74) is 6.98. The van der Waals surface area contributed by atoms with E-state index < -0.39 is 0 Å². The maximum absolute atomic E-state index is 11.3. The molecule has 100 valence electrons. The topological polar surface area (TPSA) is 76.4 Å². The molecule has 1 atom stereocenters. The highest BCUT2D eigenvalue weighted by Crippen LogP contribution is 2.23. The van der Waals surface area contributed by atoms with Crippen molar-refractivity contribution in [3.05, 3.63) is 23.2 Å². The van der Waals surface area contributed by atoms with Gasteiger partial charge >= 0.3 is 5.97 Å². The molecule has 0 aromatic heterocycles. The number of halogens is 1. The summed E-state index contributed by atoms with van der Waals surface area (Å²) in [6, 6.07) is 5.21. The van der Waals surface area contributed by atoms with Crippen LogP contribution < -0.4 is 16.4 Å². The van der Waals surface area contributed by atoms with Gasteiger partial charge in [-0.05, 0) is 25.2 Å². The fourth-order valence-corrected chi connectivity index (χ4v) is 1.74. The van der Waals surface area contributed by atoms with E-state index in [0.717, 1.165) is 5.69 Å². The molecule has 1 aromatic rings. The number of benzene rings is 1. The van der Waals surface area contributed by atoms with Gasteiger partial charge < -0.3 is 21.1 Å². The Morgan fingerprint density at radius 3 is 2.83 bits per heavy atom. The van der Waals surface area contributed by atoms with Crippen molar-refractivity contribution in [1.29, 1.82) is 0 Å². The van der Waals surface area contributed by atoms with Crippen LogP contribution in [0.1, 0.15) is 6.42 Å². The minimum absolute atomic E-state index is 0.0675. The number of nitrogens with two attached hydrogens (primary N) is 1. The van der Waals surface area contributed by atoms with E-state index in [-0.39, 0.29) is 18.4 Å². The Morgan fingerprint density at radius 2 is 2.28 bits per heavy atom. The molecular formula is C12H18ClN3O2. The monoisotopic (exact) mass is 271 g/mol. The van der Waals surface area contributed by atoms with Crippen molar-refractivity contribution in [2.24, 2.45) is 0 Å². The van der Waals surface area contributed by atoms with Crippen LogP contribution in [0, 0.1) is 0 Å². The second-order valence-corrected chi connectivity index (χ2v) is 4.32. The summed E-state index contributed by atoms with van der Waals surface area (Å²) < 4.78 is 4.65. The third kappa shape index (κ3) is 4.43. The molecule has 0 saturated heterocycles. The van der Waals surface area contributed by atoms with Gasteiger partial charge in [0.05, 0.1) is 24.2 Å². The smallest absolute Gasteiger partial charge is 0.307 e. The highest BCUT2D eigenvalue weighted by Gasteiger charge is 2.13. The molecule has 0 radical (unpaired) electrons. The molecule has 18 heavy (non-hydrogen) atoms. The molecule has 0 amide bonds. The van der Waals surface area contributed by atoms with Crippen LogP contribution in [0.4, 0.5) is 11.4 Å². The summed E-state index contributed by atoms with van der Waals surface area (Å²) in [5.74, 6) is -0.260. The van der Waals surface area contributed by atoms with E-state index in [9.17, 15) is 4.79 Å². The van der Waals surface area contributed by atoms with Crippen molar-refractivity contribution in [3.63, 3.8) is 0 Å². The Kier molecular flexibility index (Phi) is 5.74. The SMILES string of the molecule is CNC[C@H](CC(=O)OC)Nc1ccc(N)c(Cl)c1. The zero-order chi connectivity index (χ0) is 13.5. The lowest BCUT2D eigenvalue weighted by atomic mass is 10.2. The maximum atomic E-state index is 11.3. The standard InChI is InChI=1S/C12H18ClN3O2/c1-15-7-9(6-12(17)18-2)16-8-3-4-11(14)10(13)5-8/h3-5,9,15-16H,6-7,14H2,1-2H3/t9-/m0/s1. The number of hydrogen-bond donors (Lipinski definition) is 3. The largest absolute Gasteiger partial charge is 0.469 e. The van der Waals surface area contributed by atoms with Crippen molar-refractivity contribution >= 4 is 28.9 Å². The van der Waals surface area contributed by atoms with E-state index in [0.29, 0.717) is 17.3 Å². The normalized spacial score (nSPS) is 11.9. The van der Waals surface area contributed by atoms with Crippen LogP contribution in [0.3, 0.4) is 0 Å². The van der Waals surface area contributed by atoms with Crippen molar-refractivity contribution in [3.8, 4) is 0 Å². The Labute approximate surface area is 112 Å². The fourth-order valence-electron chi connectivity index (χ4n) is 1.56. The van der Waals surface area contributed by atoms with Gasteiger partial charge in [-0.2, -0.15) is 0 Å². The van der Waals surface area contributed by atoms with Crippen LogP contribution >= 0.6 is 11.6 Å². The van der Waals surface area contributed by atoms with E-state index in [4.69, 9.17) is 17.3 Å². The summed E-state index contributed by atoms with van der Waals surface area (Å²) >= 11 is 5.94.